The van der Waals surface area contributed by atoms with Crippen LogP contribution in [0.2, 0.25) is 0 Å². The SMILES string of the molecule is COc1cc(N(C)CC2(N(C(=O)O)C(C)(C)C)CC2)c([N+](=O)[O-])cc1Nc1nccc(-c2cn(C)c3ccccc23)n1. The number of hydrogen-bond acceptors (Lipinski definition) is 8. The molecule has 1 saturated carbocycles. The molecular weight excluding hydrogens is 538 g/mol. The van der Waals surface area contributed by atoms with E-state index in [1.54, 1.807) is 24.2 Å². The summed E-state index contributed by atoms with van der Waals surface area (Å²) in [6.45, 7) is 5.85. The molecule has 0 radical (unpaired) electrons. The van der Waals surface area contributed by atoms with Gasteiger partial charge in [-0.1, -0.05) is 18.2 Å². The molecule has 0 aliphatic heterocycles. The number of aromatic nitrogens is 3. The van der Waals surface area contributed by atoms with Crippen molar-refractivity contribution in [3.05, 3.63) is 65.0 Å². The number of anilines is 3. The Kier molecular flexibility index (Phi) is 7.17. The zero-order chi connectivity index (χ0) is 30.4. The molecule has 1 amide bonds. The molecule has 2 N–H and O–H groups in total. The van der Waals surface area contributed by atoms with Gasteiger partial charge in [-0.3, -0.25) is 15.0 Å². The second-order valence-corrected chi connectivity index (χ2v) is 11.7. The Balaban J connectivity index is 1.47. The lowest BCUT2D eigenvalue weighted by atomic mass is 10.0. The van der Waals surface area contributed by atoms with Crippen molar-refractivity contribution in [2.24, 2.45) is 7.05 Å². The van der Waals surface area contributed by atoms with Gasteiger partial charge in [-0.15, -0.1) is 0 Å². The number of benzene rings is 2. The van der Waals surface area contributed by atoms with Crippen molar-refractivity contribution in [1.29, 1.82) is 0 Å². The Labute approximate surface area is 243 Å². The summed E-state index contributed by atoms with van der Waals surface area (Å²) in [5.41, 5.74) is 1.95. The summed E-state index contributed by atoms with van der Waals surface area (Å²) in [4.78, 5) is 36.2. The fourth-order valence-electron chi connectivity index (χ4n) is 5.84. The van der Waals surface area contributed by atoms with Crippen LogP contribution in [0.1, 0.15) is 33.6 Å². The van der Waals surface area contributed by atoms with E-state index in [2.05, 4.69) is 10.3 Å². The summed E-state index contributed by atoms with van der Waals surface area (Å²) >= 11 is 0. The van der Waals surface area contributed by atoms with Gasteiger partial charge in [0.15, 0.2) is 0 Å². The molecule has 12 heteroatoms. The molecule has 0 spiro atoms. The minimum absolute atomic E-state index is 0.153. The third kappa shape index (κ3) is 5.27. The number of carbonyl (C=O) groups is 1. The summed E-state index contributed by atoms with van der Waals surface area (Å²) in [5.74, 6) is 0.616. The van der Waals surface area contributed by atoms with Crippen LogP contribution < -0.4 is 15.0 Å². The Morgan fingerprint density at radius 1 is 1.24 bits per heavy atom. The maximum absolute atomic E-state index is 12.3. The highest BCUT2D eigenvalue weighted by molar-refractivity contribution is 5.95. The van der Waals surface area contributed by atoms with Crippen LogP contribution in [0, 0.1) is 10.1 Å². The Morgan fingerprint density at radius 2 is 1.95 bits per heavy atom. The number of nitro benzene ring substituents is 1. The van der Waals surface area contributed by atoms with Crippen molar-refractivity contribution in [3.8, 4) is 17.0 Å². The summed E-state index contributed by atoms with van der Waals surface area (Å²) in [7, 11) is 5.19. The number of nitrogens with one attached hydrogen (secondary N) is 1. The molecule has 2 aromatic carbocycles. The lowest BCUT2D eigenvalue weighted by Gasteiger charge is -2.42. The number of amides is 1. The van der Waals surface area contributed by atoms with Gasteiger partial charge >= 0.3 is 6.09 Å². The van der Waals surface area contributed by atoms with E-state index in [4.69, 9.17) is 9.72 Å². The largest absolute Gasteiger partial charge is 0.494 e. The van der Waals surface area contributed by atoms with E-state index < -0.39 is 22.1 Å². The smallest absolute Gasteiger partial charge is 0.408 e. The lowest BCUT2D eigenvalue weighted by molar-refractivity contribution is -0.384. The van der Waals surface area contributed by atoms with Crippen molar-refractivity contribution in [1.82, 2.24) is 19.4 Å². The van der Waals surface area contributed by atoms with Crippen molar-refractivity contribution in [2.75, 3.05) is 30.9 Å². The zero-order valence-corrected chi connectivity index (χ0v) is 24.6. The first-order valence-electron chi connectivity index (χ1n) is 13.6. The fourth-order valence-corrected chi connectivity index (χ4v) is 5.84. The van der Waals surface area contributed by atoms with E-state index in [1.165, 1.54) is 18.1 Å². The zero-order valence-electron chi connectivity index (χ0n) is 24.6. The maximum atomic E-state index is 12.3. The van der Waals surface area contributed by atoms with Gasteiger partial charge in [0, 0.05) is 67.2 Å². The Bertz CT molecular complexity index is 1670. The Hall–Kier alpha value is -4.87. The van der Waals surface area contributed by atoms with Crippen molar-refractivity contribution in [3.63, 3.8) is 0 Å². The summed E-state index contributed by atoms with van der Waals surface area (Å²) in [5, 5.41) is 26.4. The van der Waals surface area contributed by atoms with Gasteiger partial charge < -0.3 is 24.6 Å². The van der Waals surface area contributed by atoms with E-state index in [0.29, 0.717) is 42.2 Å². The summed E-state index contributed by atoms with van der Waals surface area (Å²) in [6.07, 6.45) is 3.98. The number of carboxylic acid groups (broad SMARTS) is 1. The van der Waals surface area contributed by atoms with Crippen LogP contribution in [0.3, 0.4) is 0 Å². The predicted molar refractivity (Wildman–Crippen MR) is 162 cm³/mol. The number of rotatable bonds is 9. The number of para-hydroxylation sites is 1. The molecule has 2 aromatic heterocycles. The topological polar surface area (TPSA) is 139 Å². The van der Waals surface area contributed by atoms with Crippen molar-refractivity contribution in [2.45, 2.75) is 44.7 Å². The molecular formula is C30H35N7O5. The third-order valence-electron chi connectivity index (χ3n) is 7.67. The van der Waals surface area contributed by atoms with Crippen molar-refractivity contribution >= 4 is 40.0 Å². The second kappa shape index (κ2) is 10.5. The van der Waals surface area contributed by atoms with Crippen molar-refractivity contribution < 1.29 is 19.6 Å². The van der Waals surface area contributed by atoms with E-state index in [0.717, 1.165) is 16.5 Å². The standard InChI is InChI=1S/C30H35N7O5/c1-29(2,3)36(28(38)39)30(12-13-30)18-35(5)24-16-26(42-6)22(15-25(24)37(40)41)33-27-31-14-11-21(32-27)20-17-34(4)23-10-8-7-9-19(20)23/h7-11,14-17H,12-13,18H2,1-6H3,(H,38,39)(H,31,32,33). The number of fused-ring (bicyclic) bond motifs is 1. The molecule has 1 fully saturated rings. The number of ether oxygens (including phenoxy) is 1. The first kappa shape index (κ1) is 28.7. The molecule has 2 heterocycles. The minimum atomic E-state index is -1.01. The van der Waals surface area contributed by atoms with Crippen LogP contribution in [0.5, 0.6) is 5.75 Å². The Morgan fingerprint density at radius 3 is 2.57 bits per heavy atom. The quantitative estimate of drug-likeness (QED) is 0.181. The minimum Gasteiger partial charge on any atom is -0.494 e. The van der Waals surface area contributed by atoms with Gasteiger partial charge in [-0.05, 0) is 45.7 Å². The monoisotopic (exact) mass is 573 g/mol. The maximum Gasteiger partial charge on any atom is 0.408 e. The van der Waals surface area contributed by atoms with Gasteiger partial charge in [0.1, 0.15) is 11.4 Å². The molecule has 0 unspecified atom stereocenters. The molecule has 5 rings (SSSR count). The molecule has 4 aromatic rings. The normalized spacial score (nSPS) is 14.0. The third-order valence-corrected chi connectivity index (χ3v) is 7.67. The number of likely N-dealkylation sites (N-methyl/N-ethyl adjacent to an activating group) is 1. The number of aryl methyl sites for hydroxylation is 1. The highest BCUT2D eigenvalue weighted by Gasteiger charge is 2.55. The first-order valence-corrected chi connectivity index (χ1v) is 13.6. The first-order chi connectivity index (χ1) is 19.8. The van der Waals surface area contributed by atoms with Crippen LogP contribution >= 0.6 is 0 Å². The number of nitro groups is 1. The number of hydrogen-bond donors (Lipinski definition) is 2. The summed E-state index contributed by atoms with van der Waals surface area (Å²) < 4.78 is 7.66. The van der Waals surface area contributed by atoms with Crippen LogP contribution in [-0.2, 0) is 7.05 Å². The van der Waals surface area contributed by atoms with E-state index in [-0.39, 0.29) is 11.6 Å². The predicted octanol–water partition coefficient (Wildman–Crippen LogP) is 6.04. The summed E-state index contributed by atoms with van der Waals surface area (Å²) in [6, 6.07) is 12.8. The van der Waals surface area contributed by atoms with E-state index in [9.17, 15) is 20.0 Å². The average molecular weight is 574 g/mol. The van der Waals surface area contributed by atoms with E-state index >= 15 is 0 Å². The van der Waals surface area contributed by atoms with Crippen LogP contribution in [0.25, 0.3) is 22.2 Å². The van der Waals surface area contributed by atoms with Crippen LogP contribution in [0.4, 0.5) is 27.8 Å². The second-order valence-electron chi connectivity index (χ2n) is 11.7. The van der Waals surface area contributed by atoms with Gasteiger partial charge in [-0.25, -0.2) is 14.8 Å². The fraction of sp³-hybridized carbons (Fsp3) is 0.367. The molecule has 1 aliphatic rings. The van der Waals surface area contributed by atoms with Gasteiger partial charge in [-0.2, -0.15) is 0 Å². The molecule has 42 heavy (non-hydrogen) atoms. The molecule has 12 nitrogen and oxygen atoms in total. The van der Waals surface area contributed by atoms with Gasteiger partial charge in [0.05, 0.1) is 29.0 Å². The number of methoxy groups -OCH3 is 1. The molecule has 0 saturated heterocycles. The van der Waals surface area contributed by atoms with Gasteiger partial charge in [0.2, 0.25) is 5.95 Å². The molecule has 0 bridgehead atoms. The highest BCUT2D eigenvalue weighted by Crippen LogP contribution is 2.48. The van der Waals surface area contributed by atoms with E-state index in [1.807, 2.05) is 68.9 Å². The van der Waals surface area contributed by atoms with Crippen LogP contribution in [-0.4, -0.2) is 67.3 Å². The highest BCUT2D eigenvalue weighted by atomic mass is 16.6. The molecule has 0 atom stereocenters. The van der Waals surface area contributed by atoms with Gasteiger partial charge in [0.25, 0.3) is 5.69 Å². The number of nitrogens with zero attached hydrogens (tertiary/aromatic N) is 6. The molecule has 1 aliphatic carbocycles. The molecule has 220 valence electrons. The average Bonchev–Trinajstić information content (AvgIpc) is 3.60. The van der Waals surface area contributed by atoms with Crippen LogP contribution in [0.15, 0.2) is 54.9 Å². The lowest BCUT2D eigenvalue weighted by Crippen LogP contribution is -2.56.